The first-order chi connectivity index (χ1) is 13.0. The van der Waals surface area contributed by atoms with Gasteiger partial charge in [0.1, 0.15) is 5.54 Å². The van der Waals surface area contributed by atoms with E-state index in [9.17, 15) is 14.7 Å². The molecule has 0 spiro atoms. The van der Waals surface area contributed by atoms with Crippen molar-refractivity contribution in [1.82, 2.24) is 5.32 Å². The van der Waals surface area contributed by atoms with Crippen LogP contribution in [0.15, 0.2) is 48.5 Å². The zero-order chi connectivity index (χ0) is 19.4. The van der Waals surface area contributed by atoms with Gasteiger partial charge in [0.25, 0.3) is 5.91 Å². The van der Waals surface area contributed by atoms with E-state index in [1.54, 1.807) is 19.2 Å². The second-order valence-electron chi connectivity index (χ2n) is 6.86. The number of benzene rings is 2. The van der Waals surface area contributed by atoms with Crippen molar-refractivity contribution in [2.75, 3.05) is 13.7 Å². The minimum absolute atomic E-state index is 0.283. The molecular formula is C22H23NO4. The van der Waals surface area contributed by atoms with E-state index in [4.69, 9.17) is 4.74 Å². The number of aryl methyl sites for hydroxylation is 1. The highest BCUT2D eigenvalue weighted by Gasteiger charge is 2.45. The van der Waals surface area contributed by atoms with Gasteiger partial charge in [-0.05, 0) is 35.2 Å². The van der Waals surface area contributed by atoms with Crippen LogP contribution in [0.1, 0.15) is 32.6 Å². The Bertz CT molecular complexity index is 876. The van der Waals surface area contributed by atoms with Gasteiger partial charge in [0.05, 0.1) is 6.61 Å². The molecular weight excluding hydrogens is 342 g/mol. The molecule has 0 aliphatic heterocycles. The highest BCUT2D eigenvalue weighted by molar-refractivity contribution is 6.01. The molecule has 1 aliphatic carbocycles. The number of carbonyl (C=O) groups excluding carboxylic acids is 1. The third-order valence-electron chi connectivity index (χ3n) is 4.98. The first kappa shape index (κ1) is 18.9. The van der Waals surface area contributed by atoms with Gasteiger partial charge in [-0.3, -0.25) is 4.79 Å². The van der Waals surface area contributed by atoms with Crippen LogP contribution in [0.4, 0.5) is 0 Å². The SMILES string of the molecule is COC/C=C/c1c(C)cccc1C(=O)NC1(C(=O)O)Cc2ccccc2C1. The first-order valence-electron chi connectivity index (χ1n) is 8.84. The van der Waals surface area contributed by atoms with Crippen molar-refractivity contribution in [3.8, 4) is 0 Å². The highest BCUT2D eigenvalue weighted by Crippen LogP contribution is 2.31. The van der Waals surface area contributed by atoms with Gasteiger partial charge in [-0.25, -0.2) is 4.79 Å². The molecule has 0 saturated carbocycles. The van der Waals surface area contributed by atoms with Gasteiger partial charge in [0.15, 0.2) is 0 Å². The first-order valence-corrected chi connectivity index (χ1v) is 8.84. The summed E-state index contributed by atoms with van der Waals surface area (Å²) in [5.74, 6) is -1.40. The van der Waals surface area contributed by atoms with Crippen molar-refractivity contribution in [2.24, 2.45) is 0 Å². The number of hydrogen-bond donors (Lipinski definition) is 2. The minimum atomic E-state index is -1.32. The molecule has 0 aromatic heterocycles. The fourth-order valence-electron chi connectivity index (χ4n) is 3.55. The number of hydrogen-bond acceptors (Lipinski definition) is 3. The maximum Gasteiger partial charge on any atom is 0.330 e. The molecule has 0 unspecified atom stereocenters. The van der Waals surface area contributed by atoms with E-state index in [0.29, 0.717) is 12.2 Å². The smallest absolute Gasteiger partial charge is 0.330 e. The molecule has 2 N–H and O–H groups in total. The molecule has 1 aliphatic rings. The lowest BCUT2D eigenvalue weighted by Crippen LogP contribution is -2.55. The van der Waals surface area contributed by atoms with Gasteiger partial charge in [-0.15, -0.1) is 0 Å². The molecule has 3 rings (SSSR count). The van der Waals surface area contributed by atoms with E-state index in [0.717, 1.165) is 22.3 Å². The normalized spacial score (nSPS) is 14.9. The Labute approximate surface area is 158 Å². The van der Waals surface area contributed by atoms with Gasteiger partial charge in [0, 0.05) is 25.5 Å². The molecule has 140 valence electrons. The number of carboxylic acids is 1. The lowest BCUT2D eigenvalue weighted by atomic mass is 9.94. The quantitative estimate of drug-likeness (QED) is 0.825. The van der Waals surface area contributed by atoms with E-state index in [1.165, 1.54) is 0 Å². The van der Waals surface area contributed by atoms with Crippen LogP contribution in [0, 0.1) is 6.92 Å². The van der Waals surface area contributed by atoms with Crippen LogP contribution >= 0.6 is 0 Å². The van der Waals surface area contributed by atoms with Gasteiger partial charge < -0.3 is 15.2 Å². The average Bonchev–Trinajstić information content (AvgIpc) is 3.02. The lowest BCUT2D eigenvalue weighted by molar-refractivity contribution is -0.144. The largest absolute Gasteiger partial charge is 0.479 e. The predicted octanol–water partition coefficient (Wildman–Crippen LogP) is 3.01. The van der Waals surface area contributed by atoms with Crippen molar-refractivity contribution < 1.29 is 19.4 Å². The number of fused-ring (bicyclic) bond motifs is 1. The van der Waals surface area contributed by atoms with Crippen molar-refractivity contribution in [1.29, 1.82) is 0 Å². The molecule has 0 atom stereocenters. The summed E-state index contributed by atoms with van der Waals surface area (Å²) in [6.45, 7) is 2.35. The number of ether oxygens (including phenoxy) is 1. The monoisotopic (exact) mass is 365 g/mol. The van der Waals surface area contributed by atoms with E-state index < -0.39 is 11.5 Å². The zero-order valence-corrected chi connectivity index (χ0v) is 15.5. The number of nitrogens with one attached hydrogen (secondary N) is 1. The maximum atomic E-state index is 13.0. The fourth-order valence-corrected chi connectivity index (χ4v) is 3.55. The Morgan fingerprint density at radius 2 is 1.81 bits per heavy atom. The second kappa shape index (κ2) is 7.76. The third-order valence-corrected chi connectivity index (χ3v) is 4.98. The summed E-state index contributed by atoms with van der Waals surface area (Å²) in [5, 5.41) is 12.7. The van der Waals surface area contributed by atoms with Gasteiger partial charge in [0.2, 0.25) is 0 Å². The minimum Gasteiger partial charge on any atom is -0.479 e. The summed E-state index contributed by atoms with van der Waals surface area (Å²) in [5.41, 5.74) is 2.77. The van der Waals surface area contributed by atoms with Crippen molar-refractivity contribution in [3.63, 3.8) is 0 Å². The summed E-state index contributed by atoms with van der Waals surface area (Å²) in [6.07, 6.45) is 4.23. The maximum absolute atomic E-state index is 13.0. The Hall–Kier alpha value is -2.92. The van der Waals surface area contributed by atoms with E-state index >= 15 is 0 Å². The predicted molar refractivity (Wildman–Crippen MR) is 104 cm³/mol. The zero-order valence-electron chi connectivity index (χ0n) is 15.5. The topological polar surface area (TPSA) is 75.6 Å². The highest BCUT2D eigenvalue weighted by atomic mass is 16.5. The van der Waals surface area contributed by atoms with Crippen molar-refractivity contribution in [2.45, 2.75) is 25.3 Å². The summed E-state index contributed by atoms with van der Waals surface area (Å²) in [6, 6.07) is 13.0. The number of amides is 1. The molecule has 27 heavy (non-hydrogen) atoms. The van der Waals surface area contributed by atoms with Crippen LogP contribution in [0.25, 0.3) is 6.08 Å². The number of carbonyl (C=O) groups is 2. The Morgan fingerprint density at radius 1 is 1.15 bits per heavy atom. The molecule has 0 fully saturated rings. The number of methoxy groups -OCH3 is 1. The fraction of sp³-hybridized carbons (Fsp3) is 0.273. The van der Waals surface area contributed by atoms with Crippen LogP contribution in [0.2, 0.25) is 0 Å². The summed E-state index contributed by atoms with van der Waals surface area (Å²) in [7, 11) is 1.60. The molecule has 2 aromatic carbocycles. The summed E-state index contributed by atoms with van der Waals surface area (Å²) < 4.78 is 5.03. The summed E-state index contributed by atoms with van der Waals surface area (Å²) in [4.78, 5) is 25.1. The molecule has 0 radical (unpaired) electrons. The van der Waals surface area contributed by atoms with Crippen LogP contribution in [0.5, 0.6) is 0 Å². The molecule has 0 bridgehead atoms. The lowest BCUT2D eigenvalue weighted by Gasteiger charge is -2.26. The van der Waals surface area contributed by atoms with E-state index in [2.05, 4.69) is 5.32 Å². The third kappa shape index (κ3) is 3.78. The van der Waals surface area contributed by atoms with E-state index in [1.807, 2.05) is 49.4 Å². The van der Waals surface area contributed by atoms with Crippen LogP contribution in [-0.4, -0.2) is 36.2 Å². The number of carboxylic acid groups (broad SMARTS) is 1. The Balaban J connectivity index is 1.91. The number of aliphatic carboxylic acids is 1. The van der Waals surface area contributed by atoms with E-state index in [-0.39, 0.29) is 18.7 Å². The molecule has 0 saturated heterocycles. The van der Waals surface area contributed by atoms with Crippen LogP contribution < -0.4 is 5.32 Å². The van der Waals surface area contributed by atoms with Crippen LogP contribution in [0.3, 0.4) is 0 Å². The Morgan fingerprint density at radius 3 is 2.41 bits per heavy atom. The van der Waals surface area contributed by atoms with Crippen LogP contribution in [-0.2, 0) is 22.4 Å². The van der Waals surface area contributed by atoms with Gasteiger partial charge in [-0.2, -0.15) is 0 Å². The van der Waals surface area contributed by atoms with Crippen molar-refractivity contribution in [3.05, 3.63) is 76.4 Å². The molecule has 5 nitrogen and oxygen atoms in total. The second-order valence-corrected chi connectivity index (χ2v) is 6.86. The summed E-state index contributed by atoms with van der Waals surface area (Å²) >= 11 is 0. The standard InChI is InChI=1S/C22H23NO4/c1-15-7-5-10-19(18(15)11-6-12-27-2)20(24)23-22(21(25)26)13-16-8-3-4-9-17(16)14-22/h3-11H,12-14H2,1-2H3,(H,23,24)(H,25,26)/b11-6+. The molecule has 0 heterocycles. The molecule has 5 heteroatoms. The molecule has 1 amide bonds. The van der Waals surface area contributed by atoms with Crippen molar-refractivity contribution >= 4 is 18.0 Å². The van der Waals surface area contributed by atoms with Gasteiger partial charge >= 0.3 is 5.97 Å². The van der Waals surface area contributed by atoms with Gasteiger partial charge in [-0.1, -0.05) is 48.6 Å². The molecule has 2 aromatic rings. The number of rotatable bonds is 6. The Kier molecular flexibility index (Phi) is 5.42. The average molecular weight is 365 g/mol.